The highest BCUT2D eigenvalue weighted by Crippen LogP contribution is 2.12. The molecule has 0 aliphatic rings. The number of hydrogen-bond acceptors (Lipinski definition) is 5. The maximum Gasteiger partial charge on any atom is 0.297 e. The molecule has 0 bridgehead atoms. The Labute approximate surface area is 114 Å². The number of rotatable bonds is 7. The number of aryl methyl sites for hydroxylation is 1. The van der Waals surface area contributed by atoms with Gasteiger partial charge in [0.1, 0.15) is 0 Å². The zero-order valence-corrected chi connectivity index (χ0v) is 12.3. The van der Waals surface area contributed by atoms with E-state index in [1.807, 2.05) is 20.8 Å². The molecular formula is C13H20N2O3S. The standard InChI is InChI=1S/C13H20N2O3S/c1-11(2)10-15-14-8-9-18-19(16,17)13-6-4-12(3)5-7-13/h4-7,10-11,14H,8-9H2,1-3H3/b15-10+. The fraction of sp³-hybridized carbons (Fsp3) is 0.462. The van der Waals surface area contributed by atoms with E-state index in [0.717, 1.165) is 5.56 Å². The van der Waals surface area contributed by atoms with E-state index < -0.39 is 10.1 Å². The summed E-state index contributed by atoms with van der Waals surface area (Å²) in [7, 11) is -3.67. The molecule has 0 spiro atoms. The molecule has 1 aromatic rings. The smallest absolute Gasteiger partial charge is 0.297 e. The van der Waals surface area contributed by atoms with Crippen LogP contribution < -0.4 is 5.43 Å². The number of nitrogens with zero attached hydrogens (tertiary/aromatic N) is 1. The van der Waals surface area contributed by atoms with E-state index in [1.54, 1.807) is 18.3 Å². The SMILES string of the molecule is Cc1ccc(S(=O)(=O)OCCN/N=C/C(C)C)cc1. The second-order valence-corrected chi connectivity index (χ2v) is 6.13. The molecule has 106 valence electrons. The minimum absolute atomic E-state index is 0.0473. The van der Waals surface area contributed by atoms with E-state index in [2.05, 4.69) is 10.5 Å². The van der Waals surface area contributed by atoms with Crippen molar-refractivity contribution in [3.8, 4) is 0 Å². The molecule has 5 nitrogen and oxygen atoms in total. The molecule has 19 heavy (non-hydrogen) atoms. The maximum absolute atomic E-state index is 11.8. The van der Waals surface area contributed by atoms with Gasteiger partial charge in [-0.15, -0.1) is 0 Å². The molecule has 0 fully saturated rings. The Balaban J connectivity index is 2.41. The molecule has 1 aromatic carbocycles. The van der Waals surface area contributed by atoms with E-state index >= 15 is 0 Å². The van der Waals surface area contributed by atoms with E-state index in [0.29, 0.717) is 12.5 Å². The molecule has 0 heterocycles. The quantitative estimate of drug-likeness (QED) is 0.359. The van der Waals surface area contributed by atoms with Crippen LogP contribution in [0.5, 0.6) is 0 Å². The van der Waals surface area contributed by atoms with Gasteiger partial charge in [-0.05, 0) is 25.0 Å². The molecule has 0 unspecified atom stereocenters. The monoisotopic (exact) mass is 284 g/mol. The Bertz CT molecular complexity index is 507. The van der Waals surface area contributed by atoms with E-state index in [4.69, 9.17) is 4.18 Å². The lowest BCUT2D eigenvalue weighted by molar-refractivity contribution is 0.316. The Morgan fingerprint density at radius 2 is 1.95 bits per heavy atom. The summed E-state index contributed by atoms with van der Waals surface area (Å²) in [5, 5.41) is 3.92. The van der Waals surface area contributed by atoms with Crippen molar-refractivity contribution >= 4 is 16.3 Å². The molecule has 1 rings (SSSR count). The predicted molar refractivity (Wildman–Crippen MR) is 75.6 cm³/mol. The molecule has 0 aliphatic carbocycles. The van der Waals surface area contributed by atoms with Crippen molar-refractivity contribution in [3.63, 3.8) is 0 Å². The van der Waals surface area contributed by atoms with Crippen LogP contribution in [0.1, 0.15) is 19.4 Å². The zero-order valence-electron chi connectivity index (χ0n) is 11.5. The molecule has 0 radical (unpaired) electrons. The van der Waals surface area contributed by atoms with Crippen LogP contribution in [0.25, 0.3) is 0 Å². The third-order valence-corrected chi connectivity index (χ3v) is 3.55. The van der Waals surface area contributed by atoms with Crippen LogP contribution >= 0.6 is 0 Å². The van der Waals surface area contributed by atoms with Crippen molar-refractivity contribution in [1.82, 2.24) is 5.43 Å². The summed E-state index contributed by atoms with van der Waals surface area (Å²) >= 11 is 0. The highest BCUT2D eigenvalue weighted by Gasteiger charge is 2.13. The largest absolute Gasteiger partial charge is 0.308 e. The molecule has 0 aromatic heterocycles. The van der Waals surface area contributed by atoms with E-state index in [9.17, 15) is 8.42 Å². The Hall–Kier alpha value is -1.40. The third-order valence-electron chi connectivity index (χ3n) is 2.23. The average Bonchev–Trinajstić information content (AvgIpc) is 2.34. The zero-order chi connectivity index (χ0) is 14.3. The Morgan fingerprint density at radius 3 is 2.53 bits per heavy atom. The van der Waals surface area contributed by atoms with Gasteiger partial charge in [0.2, 0.25) is 0 Å². The summed E-state index contributed by atoms with van der Waals surface area (Å²) in [5.74, 6) is 0.352. The molecular weight excluding hydrogens is 264 g/mol. The lowest BCUT2D eigenvalue weighted by atomic mass is 10.2. The number of nitrogens with one attached hydrogen (secondary N) is 1. The number of hydrogen-bond donors (Lipinski definition) is 1. The first-order chi connectivity index (χ1) is 8.92. The lowest BCUT2D eigenvalue weighted by Gasteiger charge is -2.06. The van der Waals surface area contributed by atoms with Crippen LogP contribution in [0.15, 0.2) is 34.3 Å². The summed E-state index contributed by atoms with van der Waals surface area (Å²) in [6.45, 7) is 6.29. The minimum atomic E-state index is -3.67. The van der Waals surface area contributed by atoms with Gasteiger partial charge in [0.05, 0.1) is 18.0 Å². The van der Waals surface area contributed by atoms with Gasteiger partial charge in [-0.2, -0.15) is 13.5 Å². The summed E-state index contributed by atoms with van der Waals surface area (Å²) in [5.41, 5.74) is 3.73. The topological polar surface area (TPSA) is 67.8 Å². The van der Waals surface area contributed by atoms with Gasteiger partial charge in [0, 0.05) is 6.21 Å². The van der Waals surface area contributed by atoms with Crippen molar-refractivity contribution in [2.45, 2.75) is 25.7 Å². The second-order valence-electron chi connectivity index (χ2n) is 4.52. The minimum Gasteiger partial charge on any atom is -0.308 e. The van der Waals surface area contributed by atoms with Gasteiger partial charge in [0.25, 0.3) is 10.1 Å². The van der Waals surface area contributed by atoms with E-state index in [1.165, 1.54) is 12.1 Å². The molecule has 0 saturated carbocycles. The third kappa shape index (κ3) is 5.85. The fourth-order valence-electron chi connectivity index (χ4n) is 1.24. The first kappa shape index (κ1) is 15.7. The first-order valence-corrected chi connectivity index (χ1v) is 7.55. The van der Waals surface area contributed by atoms with Gasteiger partial charge >= 0.3 is 0 Å². The van der Waals surface area contributed by atoms with Crippen LogP contribution in [0.3, 0.4) is 0 Å². The molecule has 0 saturated heterocycles. The highest BCUT2D eigenvalue weighted by atomic mass is 32.2. The van der Waals surface area contributed by atoms with Crippen molar-refractivity contribution in [2.75, 3.05) is 13.2 Å². The normalized spacial score (nSPS) is 12.2. The summed E-state index contributed by atoms with van der Waals surface area (Å²) in [6, 6.07) is 6.55. The first-order valence-electron chi connectivity index (χ1n) is 6.14. The molecule has 1 N–H and O–H groups in total. The molecule has 0 atom stereocenters. The molecule has 0 aliphatic heterocycles. The second kappa shape index (κ2) is 7.25. The Morgan fingerprint density at radius 1 is 1.32 bits per heavy atom. The van der Waals surface area contributed by atoms with Crippen molar-refractivity contribution in [2.24, 2.45) is 11.0 Å². The summed E-state index contributed by atoms with van der Waals surface area (Å²) < 4.78 is 28.5. The van der Waals surface area contributed by atoms with Crippen LogP contribution in [0, 0.1) is 12.8 Å². The lowest BCUT2D eigenvalue weighted by Crippen LogP contribution is -2.17. The highest BCUT2D eigenvalue weighted by molar-refractivity contribution is 7.86. The maximum atomic E-state index is 11.8. The van der Waals surface area contributed by atoms with Crippen LogP contribution in [0.2, 0.25) is 0 Å². The van der Waals surface area contributed by atoms with Gasteiger partial charge in [-0.25, -0.2) is 0 Å². The van der Waals surface area contributed by atoms with Crippen molar-refractivity contribution < 1.29 is 12.6 Å². The van der Waals surface area contributed by atoms with Crippen LogP contribution in [0.4, 0.5) is 0 Å². The van der Waals surface area contributed by atoms with Gasteiger partial charge in [-0.3, -0.25) is 4.18 Å². The van der Waals surface area contributed by atoms with Gasteiger partial charge < -0.3 is 5.43 Å². The van der Waals surface area contributed by atoms with Crippen molar-refractivity contribution in [3.05, 3.63) is 29.8 Å². The average molecular weight is 284 g/mol. The van der Waals surface area contributed by atoms with E-state index in [-0.39, 0.29) is 11.5 Å². The van der Waals surface area contributed by atoms with Gasteiger partial charge in [0.15, 0.2) is 0 Å². The van der Waals surface area contributed by atoms with Crippen molar-refractivity contribution in [1.29, 1.82) is 0 Å². The molecule has 0 amide bonds. The fourth-order valence-corrected chi connectivity index (χ4v) is 2.14. The number of hydrazone groups is 1. The Kier molecular flexibility index (Phi) is 5.98. The number of benzene rings is 1. The summed E-state index contributed by atoms with van der Waals surface area (Å²) in [6.07, 6.45) is 1.74. The predicted octanol–water partition coefficient (Wildman–Crippen LogP) is 1.93. The van der Waals surface area contributed by atoms with Crippen LogP contribution in [-0.2, 0) is 14.3 Å². The van der Waals surface area contributed by atoms with Crippen LogP contribution in [-0.4, -0.2) is 27.8 Å². The molecule has 6 heteroatoms. The summed E-state index contributed by atoms with van der Waals surface area (Å²) in [4.78, 5) is 0.170. The van der Waals surface area contributed by atoms with Gasteiger partial charge in [-0.1, -0.05) is 31.5 Å².